The molecule has 114 valence electrons. The lowest BCUT2D eigenvalue weighted by Crippen LogP contribution is -2.33. The average Bonchev–Trinajstić information content (AvgIpc) is 2.52. The Kier molecular flexibility index (Phi) is 5.10. The minimum atomic E-state index is -0.544. The van der Waals surface area contributed by atoms with Crippen molar-refractivity contribution in [3.8, 4) is 0 Å². The summed E-state index contributed by atoms with van der Waals surface area (Å²) in [6.07, 6.45) is 1.98. The Balaban J connectivity index is 2.07. The van der Waals surface area contributed by atoms with E-state index in [1.54, 1.807) is 13.1 Å². The van der Waals surface area contributed by atoms with Gasteiger partial charge in [0.1, 0.15) is 5.56 Å². The molecule has 0 bridgehead atoms. The fourth-order valence-electron chi connectivity index (χ4n) is 2.33. The van der Waals surface area contributed by atoms with Gasteiger partial charge >= 0.3 is 0 Å². The number of ether oxygens (including phenoxy) is 1. The van der Waals surface area contributed by atoms with E-state index in [0.717, 1.165) is 19.4 Å². The lowest BCUT2D eigenvalue weighted by Gasteiger charge is -2.22. The summed E-state index contributed by atoms with van der Waals surface area (Å²) in [5.41, 5.74) is 0.543. The van der Waals surface area contributed by atoms with Crippen LogP contribution in [0.4, 0.5) is 11.4 Å². The highest BCUT2D eigenvalue weighted by Gasteiger charge is 2.22. The molecule has 1 unspecified atom stereocenters. The largest absolute Gasteiger partial charge is 0.388 e. The number of rotatable bonds is 5. The molecule has 0 aliphatic carbocycles. The third-order valence-corrected chi connectivity index (χ3v) is 3.53. The summed E-state index contributed by atoms with van der Waals surface area (Å²) in [6.45, 7) is 1.86. The Morgan fingerprint density at radius 2 is 2.33 bits per heavy atom. The fraction of sp³-hybridized carbons (Fsp3) is 0.500. The number of benzene rings is 1. The van der Waals surface area contributed by atoms with Crippen molar-refractivity contribution in [2.75, 3.05) is 32.1 Å². The first-order valence-electron chi connectivity index (χ1n) is 6.94. The molecule has 1 atom stereocenters. The van der Waals surface area contributed by atoms with E-state index < -0.39 is 10.8 Å². The van der Waals surface area contributed by atoms with Crippen LogP contribution in [0, 0.1) is 16.0 Å². The van der Waals surface area contributed by atoms with Crippen molar-refractivity contribution >= 4 is 17.3 Å². The summed E-state index contributed by atoms with van der Waals surface area (Å²) in [6, 6.07) is 4.40. The van der Waals surface area contributed by atoms with Crippen molar-refractivity contribution in [3.63, 3.8) is 0 Å². The van der Waals surface area contributed by atoms with E-state index in [-0.39, 0.29) is 17.2 Å². The van der Waals surface area contributed by atoms with Gasteiger partial charge in [-0.05, 0) is 30.9 Å². The summed E-state index contributed by atoms with van der Waals surface area (Å²) in [7, 11) is 1.70. The molecular weight excluding hydrogens is 274 g/mol. The van der Waals surface area contributed by atoms with E-state index in [0.29, 0.717) is 18.8 Å². The number of amides is 1. The number of hydrogen-bond acceptors (Lipinski definition) is 5. The molecule has 2 rings (SSSR count). The average molecular weight is 293 g/mol. The summed E-state index contributed by atoms with van der Waals surface area (Å²) in [5, 5.41) is 16.7. The van der Waals surface area contributed by atoms with Crippen LogP contribution in [-0.2, 0) is 4.74 Å². The molecule has 1 fully saturated rings. The van der Waals surface area contributed by atoms with Crippen LogP contribution >= 0.6 is 0 Å². The Hall–Kier alpha value is -2.15. The van der Waals surface area contributed by atoms with E-state index >= 15 is 0 Å². The first kappa shape index (κ1) is 15.2. The second-order valence-corrected chi connectivity index (χ2v) is 5.03. The van der Waals surface area contributed by atoms with Gasteiger partial charge in [0, 0.05) is 32.0 Å². The number of hydrogen-bond donors (Lipinski definition) is 2. The molecule has 1 aromatic carbocycles. The van der Waals surface area contributed by atoms with E-state index in [1.165, 1.54) is 12.1 Å². The van der Waals surface area contributed by atoms with Gasteiger partial charge in [0.05, 0.1) is 11.5 Å². The van der Waals surface area contributed by atoms with Gasteiger partial charge in [0.15, 0.2) is 0 Å². The number of nitro groups is 1. The standard InChI is InChI=1S/C14H19N3O4/c1-15-11-4-5-13(17(19)20)12(7-11)14(18)16-8-10-3-2-6-21-9-10/h4-5,7,10,15H,2-3,6,8-9H2,1H3,(H,16,18). The highest BCUT2D eigenvalue weighted by Crippen LogP contribution is 2.22. The van der Waals surface area contributed by atoms with Crippen LogP contribution in [0.5, 0.6) is 0 Å². The molecule has 0 aromatic heterocycles. The molecule has 1 saturated heterocycles. The van der Waals surface area contributed by atoms with Gasteiger partial charge in [-0.2, -0.15) is 0 Å². The van der Waals surface area contributed by atoms with Gasteiger partial charge < -0.3 is 15.4 Å². The van der Waals surface area contributed by atoms with Crippen LogP contribution in [0.15, 0.2) is 18.2 Å². The van der Waals surface area contributed by atoms with Crippen LogP contribution in [0.1, 0.15) is 23.2 Å². The van der Waals surface area contributed by atoms with Crippen molar-refractivity contribution in [2.45, 2.75) is 12.8 Å². The first-order chi connectivity index (χ1) is 10.1. The van der Waals surface area contributed by atoms with Crippen molar-refractivity contribution in [1.29, 1.82) is 0 Å². The molecule has 0 spiro atoms. The van der Waals surface area contributed by atoms with Crippen LogP contribution in [-0.4, -0.2) is 37.6 Å². The van der Waals surface area contributed by atoms with Crippen LogP contribution in [0.25, 0.3) is 0 Å². The summed E-state index contributed by atoms with van der Waals surface area (Å²) < 4.78 is 5.35. The molecule has 1 aliphatic heterocycles. The normalized spacial score (nSPS) is 18.0. The Morgan fingerprint density at radius 3 is 2.95 bits per heavy atom. The Morgan fingerprint density at radius 1 is 1.52 bits per heavy atom. The monoisotopic (exact) mass is 293 g/mol. The predicted octanol–water partition coefficient (Wildman–Crippen LogP) is 1.79. The number of carbonyl (C=O) groups excluding carboxylic acids is 1. The lowest BCUT2D eigenvalue weighted by atomic mass is 10.0. The third-order valence-electron chi connectivity index (χ3n) is 3.53. The van der Waals surface area contributed by atoms with Crippen molar-refractivity contribution in [2.24, 2.45) is 5.92 Å². The summed E-state index contributed by atoms with van der Waals surface area (Å²) in [5.74, 6) is -0.154. The maximum atomic E-state index is 12.2. The van der Waals surface area contributed by atoms with Gasteiger partial charge in [-0.25, -0.2) is 0 Å². The predicted molar refractivity (Wildman–Crippen MR) is 78.5 cm³/mol. The summed E-state index contributed by atoms with van der Waals surface area (Å²) in [4.78, 5) is 22.7. The zero-order chi connectivity index (χ0) is 15.2. The van der Waals surface area contributed by atoms with Crippen molar-refractivity contribution in [3.05, 3.63) is 33.9 Å². The lowest BCUT2D eigenvalue weighted by molar-refractivity contribution is -0.385. The second-order valence-electron chi connectivity index (χ2n) is 5.03. The molecule has 21 heavy (non-hydrogen) atoms. The van der Waals surface area contributed by atoms with Crippen LogP contribution < -0.4 is 10.6 Å². The maximum Gasteiger partial charge on any atom is 0.282 e. The molecule has 7 nitrogen and oxygen atoms in total. The van der Waals surface area contributed by atoms with Gasteiger partial charge in [0.25, 0.3) is 11.6 Å². The van der Waals surface area contributed by atoms with Crippen LogP contribution in [0.3, 0.4) is 0 Å². The molecule has 2 N–H and O–H groups in total. The highest BCUT2D eigenvalue weighted by atomic mass is 16.6. The van der Waals surface area contributed by atoms with Gasteiger partial charge in [-0.3, -0.25) is 14.9 Å². The van der Waals surface area contributed by atoms with E-state index in [4.69, 9.17) is 4.74 Å². The third kappa shape index (κ3) is 3.91. The number of nitro benzene ring substituents is 1. The zero-order valence-corrected chi connectivity index (χ0v) is 11.9. The Bertz CT molecular complexity index is 527. The topological polar surface area (TPSA) is 93.5 Å². The first-order valence-corrected chi connectivity index (χ1v) is 6.94. The van der Waals surface area contributed by atoms with Gasteiger partial charge in [-0.15, -0.1) is 0 Å². The fourth-order valence-corrected chi connectivity index (χ4v) is 2.33. The Labute approximate surface area is 122 Å². The number of nitrogens with one attached hydrogen (secondary N) is 2. The molecule has 0 radical (unpaired) electrons. The molecule has 1 amide bonds. The number of anilines is 1. The molecule has 1 heterocycles. The van der Waals surface area contributed by atoms with Crippen molar-refractivity contribution < 1.29 is 14.5 Å². The summed E-state index contributed by atoms with van der Waals surface area (Å²) >= 11 is 0. The second kappa shape index (κ2) is 7.03. The molecule has 0 saturated carbocycles. The van der Waals surface area contributed by atoms with Crippen LogP contribution in [0.2, 0.25) is 0 Å². The van der Waals surface area contributed by atoms with Gasteiger partial charge in [-0.1, -0.05) is 0 Å². The minimum Gasteiger partial charge on any atom is -0.388 e. The smallest absolute Gasteiger partial charge is 0.282 e. The zero-order valence-electron chi connectivity index (χ0n) is 11.9. The quantitative estimate of drug-likeness (QED) is 0.637. The number of nitrogens with zero attached hydrogens (tertiary/aromatic N) is 1. The minimum absolute atomic E-state index is 0.0728. The SMILES string of the molecule is CNc1ccc([N+](=O)[O-])c(C(=O)NCC2CCCOC2)c1. The van der Waals surface area contributed by atoms with E-state index in [1.807, 2.05) is 0 Å². The molecule has 1 aliphatic rings. The van der Waals surface area contributed by atoms with E-state index in [9.17, 15) is 14.9 Å². The molecule has 1 aromatic rings. The van der Waals surface area contributed by atoms with Gasteiger partial charge in [0.2, 0.25) is 0 Å². The molecule has 7 heteroatoms. The van der Waals surface area contributed by atoms with Crippen molar-refractivity contribution in [1.82, 2.24) is 5.32 Å². The molecular formula is C14H19N3O4. The highest BCUT2D eigenvalue weighted by molar-refractivity contribution is 5.99. The maximum absolute atomic E-state index is 12.2. The number of carbonyl (C=O) groups is 1. The van der Waals surface area contributed by atoms with E-state index in [2.05, 4.69) is 10.6 Å².